The minimum absolute atomic E-state index is 0.0372. The Hall–Kier alpha value is -2.52. The third kappa shape index (κ3) is 3.69. The molecule has 2 heterocycles. The number of aromatic nitrogens is 3. The summed E-state index contributed by atoms with van der Waals surface area (Å²) in [5, 5.41) is 11.6. The first-order valence-electron chi connectivity index (χ1n) is 6.81. The molecule has 0 atom stereocenters. The summed E-state index contributed by atoms with van der Waals surface area (Å²) in [4.78, 5) is 4.17. The number of benzene rings is 1. The number of aryl methyl sites for hydroxylation is 1. The van der Waals surface area contributed by atoms with E-state index < -0.39 is 5.82 Å². The van der Waals surface area contributed by atoms with Gasteiger partial charge in [-0.1, -0.05) is 16.8 Å². The summed E-state index contributed by atoms with van der Waals surface area (Å²) in [7, 11) is 0. The molecule has 0 aliphatic carbocycles. The minimum atomic E-state index is -0.526. The van der Waals surface area contributed by atoms with E-state index in [0.29, 0.717) is 23.6 Å². The van der Waals surface area contributed by atoms with Crippen LogP contribution in [0, 0.1) is 12.7 Å². The van der Waals surface area contributed by atoms with E-state index in [1.165, 1.54) is 29.7 Å². The van der Waals surface area contributed by atoms with Crippen LogP contribution in [-0.2, 0) is 6.54 Å². The second-order valence-electron chi connectivity index (χ2n) is 4.84. The number of amidine groups is 1. The van der Waals surface area contributed by atoms with Crippen LogP contribution in [0.3, 0.4) is 0 Å². The van der Waals surface area contributed by atoms with Crippen molar-refractivity contribution in [3.05, 3.63) is 52.2 Å². The predicted molar refractivity (Wildman–Crippen MR) is 90.3 cm³/mol. The normalized spacial score (nSPS) is 11.7. The van der Waals surface area contributed by atoms with Gasteiger partial charge >= 0.3 is 0 Å². The zero-order chi connectivity index (χ0) is 17.1. The summed E-state index contributed by atoms with van der Waals surface area (Å²) in [6.07, 6.45) is 0. The molecule has 0 aliphatic rings. The summed E-state index contributed by atoms with van der Waals surface area (Å²) < 4.78 is 22.1. The van der Waals surface area contributed by atoms with Gasteiger partial charge in [-0.05, 0) is 47.9 Å². The Balaban J connectivity index is 1.78. The van der Waals surface area contributed by atoms with Gasteiger partial charge in [0.2, 0.25) is 0 Å². The lowest BCUT2D eigenvalue weighted by Gasteiger charge is -2.02. The third-order valence-corrected chi connectivity index (χ3v) is 4.14. The Bertz CT molecular complexity index is 893. The van der Waals surface area contributed by atoms with Gasteiger partial charge in [-0.3, -0.25) is 0 Å². The molecular formula is C14H12ClFN6OS. The van der Waals surface area contributed by atoms with Gasteiger partial charge in [-0.15, -0.1) is 0 Å². The molecule has 0 saturated carbocycles. The first kappa shape index (κ1) is 16.3. The number of aliphatic imine (C=N–C) groups is 1. The maximum absolute atomic E-state index is 13.2. The molecule has 0 radical (unpaired) electrons. The van der Waals surface area contributed by atoms with Gasteiger partial charge < -0.3 is 11.1 Å². The summed E-state index contributed by atoms with van der Waals surface area (Å²) >= 11 is 7.07. The highest BCUT2D eigenvalue weighted by Gasteiger charge is 2.14. The van der Waals surface area contributed by atoms with E-state index in [1.54, 1.807) is 0 Å². The highest BCUT2D eigenvalue weighted by atomic mass is 35.5. The lowest BCUT2D eigenvalue weighted by molar-refractivity contribution is 0.303. The van der Waals surface area contributed by atoms with E-state index in [1.807, 2.05) is 13.0 Å². The fourth-order valence-corrected chi connectivity index (χ4v) is 2.71. The maximum Gasteiger partial charge on any atom is 0.174 e. The molecule has 0 aliphatic heterocycles. The van der Waals surface area contributed by atoms with Crippen molar-refractivity contribution in [2.24, 2.45) is 10.7 Å². The number of nitrogens with one attached hydrogen (secondary N) is 1. The SMILES string of the molecule is Cc1cc(NCc2nonc2C(N)=Nc2ccc(F)c(Cl)c2)sn1. The Kier molecular flexibility index (Phi) is 4.72. The van der Waals surface area contributed by atoms with Crippen LogP contribution in [0.5, 0.6) is 0 Å². The molecular weight excluding hydrogens is 355 g/mol. The van der Waals surface area contributed by atoms with Gasteiger partial charge in [0.25, 0.3) is 0 Å². The van der Waals surface area contributed by atoms with Gasteiger partial charge in [-0.25, -0.2) is 14.0 Å². The fourth-order valence-electron chi connectivity index (χ4n) is 1.88. The summed E-state index contributed by atoms with van der Waals surface area (Å²) in [5.41, 5.74) is 8.08. The van der Waals surface area contributed by atoms with Crippen LogP contribution in [0.1, 0.15) is 17.1 Å². The van der Waals surface area contributed by atoms with Crippen molar-refractivity contribution in [3.63, 3.8) is 0 Å². The molecule has 1 aromatic carbocycles. The van der Waals surface area contributed by atoms with Crippen molar-refractivity contribution in [2.75, 3.05) is 5.32 Å². The van der Waals surface area contributed by atoms with Gasteiger partial charge in [0, 0.05) is 0 Å². The van der Waals surface area contributed by atoms with Crippen LogP contribution < -0.4 is 11.1 Å². The van der Waals surface area contributed by atoms with Crippen molar-refractivity contribution in [1.29, 1.82) is 0 Å². The molecule has 0 unspecified atom stereocenters. The van der Waals surface area contributed by atoms with Crippen LogP contribution in [0.4, 0.5) is 15.1 Å². The number of anilines is 1. The molecule has 0 saturated heterocycles. The van der Waals surface area contributed by atoms with Crippen molar-refractivity contribution >= 4 is 39.7 Å². The molecule has 2 aromatic heterocycles. The lowest BCUT2D eigenvalue weighted by atomic mass is 10.2. The molecule has 0 fully saturated rings. The van der Waals surface area contributed by atoms with Crippen molar-refractivity contribution < 1.29 is 9.02 Å². The maximum atomic E-state index is 13.2. The molecule has 10 heteroatoms. The second kappa shape index (κ2) is 6.93. The smallest absolute Gasteiger partial charge is 0.174 e. The van der Waals surface area contributed by atoms with E-state index in [4.69, 9.17) is 22.0 Å². The van der Waals surface area contributed by atoms with Gasteiger partial charge in [-0.2, -0.15) is 4.37 Å². The highest BCUT2D eigenvalue weighted by Crippen LogP contribution is 2.22. The van der Waals surface area contributed by atoms with Gasteiger partial charge in [0.05, 0.1) is 22.9 Å². The molecule has 3 N–H and O–H groups in total. The number of halogens is 2. The Morgan fingerprint density at radius 1 is 1.42 bits per heavy atom. The second-order valence-corrected chi connectivity index (χ2v) is 6.05. The first-order valence-corrected chi connectivity index (χ1v) is 7.96. The highest BCUT2D eigenvalue weighted by molar-refractivity contribution is 7.10. The molecule has 7 nitrogen and oxygen atoms in total. The molecule has 0 spiro atoms. The monoisotopic (exact) mass is 366 g/mol. The topological polar surface area (TPSA) is 102 Å². The Morgan fingerprint density at radius 2 is 2.25 bits per heavy atom. The molecule has 0 amide bonds. The Morgan fingerprint density at radius 3 is 2.96 bits per heavy atom. The molecule has 0 bridgehead atoms. The first-order chi connectivity index (χ1) is 11.5. The van der Waals surface area contributed by atoms with Crippen LogP contribution in [0.2, 0.25) is 5.02 Å². The third-order valence-electron chi connectivity index (χ3n) is 3.01. The summed E-state index contributed by atoms with van der Waals surface area (Å²) in [6, 6.07) is 5.95. The van der Waals surface area contributed by atoms with Crippen LogP contribution in [0.15, 0.2) is 33.9 Å². The van der Waals surface area contributed by atoms with Gasteiger partial charge in [0.1, 0.15) is 16.5 Å². The number of hydrogen-bond donors (Lipinski definition) is 2. The number of nitrogens with zero attached hydrogens (tertiary/aromatic N) is 4. The standard InChI is InChI=1S/C14H12ClFN6OS/c1-7-4-12(24-22-7)18-6-11-13(21-23-20-11)14(17)19-8-2-3-10(16)9(15)5-8/h2-5,18H,6H2,1H3,(H2,17,19). The van der Waals surface area contributed by atoms with Gasteiger partial charge in [0.15, 0.2) is 11.5 Å². The van der Waals surface area contributed by atoms with Crippen molar-refractivity contribution in [2.45, 2.75) is 13.5 Å². The number of nitrogens with two attached hydrogens (primary N) is 1. The lowest BCUT2D eigenvalue weighted by Crippen LogP contribution is -2.16. The van der Waals surface area contributed by atoms with Crippen LogP contribution >= 0.6 is 23.1 Å². The van der Waals surface area contributed by atoms with E-state index >= 15 is 0 Å². The number of rotatable bonds is 5. The zero-order valence-electron chi connectivity index (χ0n) is 12.5. The van der Waals surface area contributed by atoms with E-state index in [0.717, 1.165) is 10.7 Å². The average molecular weight is 367 g/mol. The van der Waals surface area contributed by atoms with Crippen LogP contribution in [0.25, 0.3) is 0 Å². The molecule has 24 heavy (non-hydrogen) atoms. The minimum Gasteiger partial charge on any atom is -0.382 e. The van der Waals surface area contributed by atoms with E-state index in [-0.39, 0.29) is 10.9 Å². The fraction of sp³-hybridized carbons (Fsp3) is 0.143. The quantitative estimate of drug-likeness (QED) is 0.530. The molecule has 124 valence electrons. The molecule has 3 rings (SSSR count). The van der Waals surface area contributed by atoms with Crippen molar-refractivity contribution in [3.8, 4) is 0 Å². The zero-order valence-corrected chi connectivity index (χ0v) is 14.0. The predicted octanol–water partition coefficient (Wildman–Crippen LogP) is 3.28. The van der Waals surface area contributed by atoms with E-state index in [2.05, 4.69) is 25.0 Å². The van der Waals surface area contributed by atoms with Crippen molar-refractivity contribution in [1.82, 2.24) is 14.7 Å². The number of hydrogen-bond acceptors (Lipinski definition) is 7. The largest absolute Gasteiger partial charge is 0.382 e. The van der Waals surface area contributed by atoms with Crippen LogP contribution in [-0.4, -0.2) is 20.5 Å². The summed E-state index contributed by atoms with van der Waals surface area (Å²) in [6.45, 7) is 2.25. The molecule has 3 aromatic rings. The van der Waals surface area contributed by atoms with E-state index in [9.17, 15) is 4.39 Å². The Labute approximate surface area is 145 Å². The average Bonchev–Trinajstić information content (AvgIpc) is 3.17. The summed E-state index contributed by atoms with van der Waals surface area (Å²) in [5.74, 6) is -0.432.